The first-order chi connectivity index (χ1) is 10.2. The Morgan fingerprint density at radius 2 is 2.43 bits per heavy atom. The average molecular weight is 291 g/mol. The van der Waals surface area contributed by atoms with E-state index in [1.165, 1.54) is 18.5 Å². The summed E-state index contributed by atoms with van der Waals surface area (Å²) < 4.78 is 12.2. The van der Waals surface area contributed by atoms with Crippen LogP contribution in [0.1, 0.15) is 37.1 Å². The molecule has 3 fully saturated rings. The van der Waals surface area contributed by atoms with Crippen LogP contribution in [0.5, 0.6) is 0 Å². The summed E-state index contributed by atoms with van der Waals surface area (Å²) in [6.07, 6.45) is 7.00. The van der Waals surface area contributed by atoms with Crippen LogP contribution in [-0.2, 0) is 16.0 Å². The van der Waals surface area contributed by atoms with Crippen molar-refractivity contribution in [3.63, 3.8) is 0 Å². The largest absolute Gasteiger partial charge is 0.375 e. The predicted octanol–water partition coefficient (Wildman–Crippen LogP) is 1.88. The zero-order chi connectivity index (χ0) is 14.3. The Balaban J connectivity index is 1.30. The molecule has 2 atom stereocenters. The Kier molecular flexibility index (Phi) is 3.52. The lowest BCUT2D eigenvalue weighted by molar-refractivity contribution is 0.000799. The fourth-order valence-corrected chi connectivity index (χ4v) is 3.57. The number of imidazole rings is 1. The van der Waals surface area contributed by atoms with Crippen LogP contribution >= 0.6 is 0 Å². The lowest BCUT2D eigenvalue weighted by atomic mass is 9.98. The molecular weight excluding hydrogens is 266 g/mol. The van der Waals surface area contributed by atoms with Crippen molar-refractivity contribution in [3.8, 4) is 0 Å². The molecular formula is C16H25N3O2. The molecule has 3 heterocycles. The van der Waals surface area contributed by atoms with Crippen molar-refractivity contribution in [3.05, 3.63) is 17.7 Å². The van der Waals surface area contributed by atoms with Crippen LogP contribution in [-0.4, -0.2) is 52.9 Å². The van der Waals surface area contributed by atoms with Gasteiger partial charge in [-0.25, -0.2) is 4.98 Å². The molecule has 0 amide bonds. The number of rotatable bonds is 5. The van der Waals surface area contributed by atoms with E-state index in [0.717, 1.165) is 57.3 Å². The first-order valence-corrected chi connectivity index (χ1v) is 8.19. The number of hydrogen-bond donors (Lipinski definition) is 1. The number of aryl methyl sites for hydroxylation is 1. The minimum atomic E-state index is 0.0401. The smallest absolute Gasteiger partial charge is 0.0925 e. The number of ether oxygens (including phenoxy) is 2. The Bertz CT molecular complexity index is 499. The minimum Gasteiger partial charge on any atom is -0.375 e. The maximum atomic E-state index is 6.15. The van der Waals surface area contributed by atoms with Crippen molar-refractivity contribution in [2.75, 3.05) is 26.3 Å². The van der Waals surface area contributed by atoms with Gasteiger partial charge in [-0.1, -0.05) is 0 Å². The topological polar surface area (TPSA) is 50.4 Å². The second kappa shape index (κ2) is 5.38. The van der Waals surface area contributed by atoms with Gasteiger partial charge in [0.25, 0.3) is 0 Å². The molecule has 1 spiro atoms. The van der Waals surface area contributed by atoms with Crippen LogP contribution in [0.4, 0.5) is 0 Å². The number of H-pyrrole nitrogens is 1. The molecule has 0 bridgehead atoms. The fourth-order valence-electron chi connectivity index (χ4n) is 3.57. The predicted molar refractivity (Wildman–Crippen MR) is 79.0 cm³/mol. The molecule has 0 aromatic carbocycles. The molecule has 5 nitrogen and oxygen atoms in total. The monoisotopic (exact) mass is 291 g/mol. The number of nitrogens with zero attached hydrogens (tertiary/aromatic N) is 2. The van der Waals surface area contributed by atoms with Crippen molar-refractivity contribution in [2.45, 2.75) is 50.9 Å². The average Bonchev–Trinajstić information content (AvgIpc) is 2.90. The molecule has 1 aromatic rings. The van der Waals surface area contributed by atoms with E-state index in [0.29, 0.717) is 6.10 Å². The van der Waals surface area contributed by atoms with Gasteiger partial charge in [0.1, 0.15) is 0 Å². The summed E-state index contributed by atoms with van der Waals surface area (Å²) in [5, 5.41) is 0. The highest BCUT2D eigenvalue weighted by Crippen LogP contribution is 2.38. The van der Waals surface area contributed by atoms with Gasteiger partial charge in [-0.3, -0.25) is 4.90 Å². The van der Waals surface area contributed by atoms with Crippen molar-refractivity contribution in [1.82, 2.24) is 14.9 Å². The van der Waals surface area contributed by atoms with Gasteiger partial charge in [0.15, 0.2) is 0 Å². The summed E-state index contributed by atoms with van der Waals surface area (Å²) in [5.74, 6) is 0.837. The van der Waals surface area contributed by atoms with Gasteiger partial charge in [0.05, 0.1) is 30.3 Å². The van der Waals surface area contributed by atoms with Crippen molar-refractivity contribution >= 4 is 0 Å². The normalized spacial score (nSPS) is 33.3. The number of aromatic nitrogens is 2. The number of likely N-dealkylation sites (tertiary alicyclic amines) is 1. The third kappa shape index (κ3) is 3.00. The molecule has 2 unspecified atom stereocenters. The quantitative estimate of drug-likeness (QED) is 0.900. The number of aromatic amines is 1. The lowest BCUT2D eigenvalue weighted by Gasteiger charge is -2.23. The van der Waals surface area contributed by atoms with Crippen LogP contribution in [0.15, 0.2) is 6.33 Å². The highest BCUT2D eigenvalue weighted by molar-refractivity contribution is 5.09. The Hall–Kier alpha value is -0.910. The van der Waals surface area contributed by atoms with Crippen molar-refractivity contribution in [1.29, 1.82) is 0 Å². The summed E-state index contributed by atoms with van der Waals surface area (Å²) >= 11 is 0. The molecule has 1 N–H and O–H groups in total. The van der Waals surface area contributed by atoms with E-state index in [9.17, 15) is 0 Å². The molecule has 21 heavy (non-hydrogen) atoms. The van der Waals surface area contributed by atoms with Crippen LogP contribution < -0.4 is 0 Å². The van der Waals surface area contributed by atoms with Gasteiger partial charge in [-0.2, -0.15) is 0 Å². The summed E-state index contributed by atoms with van der Waals surface area (Å²) in [4.78, 5) is 10.0. The van der Waals surface area contributed by atoms with Gasteiger partial charge < -0.3 is 14.5 Å². The Morgan fingerprint density at radius 1 is 1.52 bits per heavy atom. The standard InChI is InChI=1S/C16H25N3O2/c1-12-15(18-11-17-12)7-19-5-4-16(10-19)6-14(9-21-16)20-8-13-2-3-13/h11,13-14H,2-10H2,1H3,(H,17,18). The highest BCUT2D eigenvalue weighted by Gasteiger charge is 2.46. The SMILES string of the molecule is Cc1[nH]cnc1CN1CCC2(CC(OCC3CC3)CO2)C1. The molecule has 1 aliphatic carbocycles. The fraction of sp³-hybridized carbons (Fsp3) is 0.812. The van der Waals surface area contributed by atoms with Gasteiger partial charge in [-0.05, 0) is 32.1 Å². The van der Waals surface area contributed by atoms with Crippen molar-refractivity contribution < 1.29 is 9.47 Å². The third-order valence-corrected chi connectivity index (χ3v) is 5.14. The second-order valence-electron chi connectivity index (χ2n) is 7.03. The zero-order valence-electron chi connectivity index (χ0n) is 12.8. The third-order valence-electron chi connectivity index (χ3n) is 5.14. The summed E-state index contributed by atoms with van der Waals surface area (Å²) in [7, 11) is 0. The van der Waals surface area contributed by atoms with Gasteiger partial charge in [-0.15, -0.1) is 0 Å². The number of hydrogen-bond acceptors (Lipinski definition) is 4. The van der Waals surface area contributed by atoms with Crippen LogP contribution in [0.2, 0.25) is 0 Å². The highest BCUT2D eigenvalue weighted by atomic mass is 16.6. The minimum absolute atomic E-state index is 0.0401. The first-order valence-electron chi connectivity index (χ1n) is 8.19. The molecule has 2 aliphatic heterocycles. The molecule has 1 saturated carbocycles. The zero-order valence-corrected chi connectivity index (χ0v) is 12.8. The molecule has 2 saturated heterocycles. The first kappa shape index (κ1) is 13.7. The molecule has 5 heteroatoms. The van der Waals surface area contributed by atoms with Crippen LogP contribution in [0, 0.1) is 12.8 Å². The lowest BCUT2D eigenvalue weighted by Crippen LogP contribution is -2.33. The maximum Gasteiger partial charge on any atom is 0.0925 e. The molecule has 0 radical (unpaired) electrons. The van der Waals surface area contributed by atoms with Gasteiger partial charge in [0.2, 0.25) is 0 Å². The van der Waals surface area contributed by atoms with E-state index in [1.807, 2.05) is 0 Å². The Labute approximate surface area is 126 Å². The summed E-state index contributed by atoms with van der Waals surface area (Å²) in [6, 6.07) is 0. The summed E-state index contributed by atoms with van der Waals surface area (Å²) in [6.45, 7) is 6.85. The molecule has 116 valence electrons. The van der Waals surface area contributed by atoms with Crippen LogP contribution in [0.25, 0.3) is 0 Å². The van der Waals surface area contributed by atoms with Gasteiger partial charge >= 0.3 is 0 Å². The molecule has 4 rings (SSSR count). The maximum absolute atomic E-state index is 6.15. The van der Waals surface area contributed by atoms with E-state index in [2.05, 4.69) is 21.8 Å². The van der Waals surface area contributed by atoms with Gasteiger partial charge in [0, 0.05) is 38.4 Å². The van der Waals surface area contributed by atoms with Crippen molar-refractivity contribution in [2.24, 2.45) is 5.92 Å². The second-order valence-corrected chi connectivity index (χ2v) is 7.03. The molecule has 1 aromatic heterocycles. The Morgan fingerprint density at radius 3 is 3.19 bits per heavy atom. The van der Waals surface area contributed by atoms with E-state index in [1.54, 1.807) is 6.33 Å². The van der Waals surface area contributed by atoms with E-state index in [4.69, 9.17) is 9.47 Å². The van der Waals surface area contributed by atoms with E-state index >= 15 is 0 Å². The van der Waals surface area contributed by atoms with E-state index in [-0.39, 0.29) is 5.60 Å². The van der Waals surface area contributed by atoms with Crippen LogP contribution in [0.3, 0.4) is 0 Å². The summed E-state index contributed by atoms with van der Waals surface area (Å²) in [5.41, 5.74) is 2.37. The van der Waals surface area contributed by atoms with E-state index < -0.39 is 0 Å². The molecule has 3 aliphatic rings. The number of nitrogens with one attached hydrogen (secondary N) is 1.